The van der Waals surface area contributed by atoms with E-state index in [1.807, 2.05) is 17.0 Å². The van der Waals surface area contributed by atoms with Gasteiger partial charge in [-0.05, 0) is 142 Å². The Morgan fingerprint density at radius 1 is 0.662 bits per heavy atom. The highest BCUT2D eigenvalue weighted by atomic mass is 31.1. The van der Waals surface area contributed by atoms with Gasteiger partial charge in [0.2, 0.25) is 0 Å². The van der Waals surface area contributed by atoms with Gasteiger partial charge in [0.25, 0.3) is 0 Å². The molecule has 8 aromatic carbocycles. The van der Waals surface area contributed by atoms with Crippen LogP contribution in [0.3, 0.4) is 0 Å². The van der Waals surface area contributed by atoms with Gasteiger partial charge in [0, 0.05) is 12.3 Å². The molecule has 6 unspecified atom stereocenters. The van der Waals surface area contributed by atoms with Crippen LogP contribution in [0, 0.1) is 43.4 Å². The molecule has 6 atom stereocenters. The lowest BCUT2D eigenvalue weighted by atomic mass is 9.89. The molecule has 2 saturated carbocycles. The summed E-state index contributed by atoms with van der Waals surface area (Å²) in [7, 11) is -0.874. The summed E-state index contributed by atoms with van der Waals surface area (Å²) in [5, 5.41) is 17.6. The number of Topliss-reactive ketones (excluding diaryl/α,β-unsaturated/α-hetero) is 1. The molecule has 0 N–H and O–H groups in total. The summed E-state index contributed by atoms with van der Waals surface area (Å²) in [4.78, 5) is 13.8. The van der Waals surface area contributed by atoms with E-state index in [2.05, 4.69) is 237 Å². The molecule has 0 spiro atoms. The third-order valence-corrected chi connectivity index (χ3v) is 18.4. The molecule has 11 rings (SSSR count). The Kier molecular flexibility index (Phi) is 16.4. The molecule has 9 aromatic rings. The first-order chi connectivity index (χ1) is 37.8. The number of ketones is 1. The van der Waals surface area contributed by atoms with Gasteiger partial charge in [-0.15, -0.1) is 11.7 Å². The van der Waals surface area contributed by atoms with Gasteiger partial charge in [-0.3, -0.25) is 4.79 Å². The van der Waals surface area contributed by atoms with Crippen LogP contribution in [0.5, 0.6) is 0 Å². The number of fused-ring (bicyclic) bond motifs is 2. The molecule has 1 heterocycles. The maximum atomic E-state index is 13.8. The largest absolute Gasteiger partial charge is 0.375 e. The Balaban J connectivity index is 0.738. The Morgan fingerprint density at radius 3 is 2.08 bits per heavy atom. The molecule has 0 amide bonds. The van der Waals surface area contributed by atoms with E-state index < -0.39 is 7.92 Å². The Bertz CT molecular complexity index is 3480. The van der Waals surface area contributed by atoms with Gasteiger partial charge in [0.05, 0.1) is 32.1 Å². The van der Waals surface area contributed by atoms with Crippen LogP contribution in [-0.4, -0.2) is 40.1 Å². The van der Waals surface area contributed by atoms with Crippen molar-refractivity contribution in [2.24, 2.45) is 29.6 Å². The Hall–Kier alpha value is -7.34. The number of nitrogens with zero attached hydrogens (tertiary/aromatic N) is 3. The van der Waals surface area contributed by atoms with Gasteiger partial charge in [0.15, 0.2) is 5.78 Å². The van der Waals surface area contributed by atoms with Gasteiger partial charge in [-0.1, -0.05) is 223 Å². The second kappa shape index (κ2) is 24.3. The molecule has 7 heteroatoms. The van der Waals surface area contributed by atoms with E-state index in [1.54, 1.807) is 0 Å². The summed E-state index contributed by atoms with van der Waals surface area (Å²) in [6, 6.07) is 65.5. The Morgan fingerprint density at radius 2 is 1.32 bits per heavy atom. The second-order valence-corrected chi connectivity index (χ2v) is 23.6. The van der Waals surface area contributed by atoms with Gasteiger partial charge >= 0.3 is 0 Å². The third-order valence-electron chi connectivity index (χ3n) is 15.9. The minimum Gasteiger partial charge on any atom is -0.375 e. The standard InChI is InChI=1S/C70H68N3O3P/c1-4-56-38-55(30-29-53-39-58(34-31-51-16-8-5-9-17-51)60(41-53)46-75-47-61-45-73(72-71-61)44-52-27-24-49(2)25-28-52)43-67(56)76-48-62(74)42-54-32-36-66-59(40-54)33-26-50(3)69(66)70-65-23-15-14-18-57(65)35-37-68(70)77(63-19-10-6-11-20-63)64-21-12-7-13-22-64/h4-37,40,45,53,55-56,58,60,67H,1,38-39,41-44,46-48H2,2-3H3/b30-29+,34-31+. The zero-order chi connectivity index (χ0) is 52.5. The minimum atomic E-state index is -0.874. The summed E-state index contributed by atoms with van der Waals surface area (Å²) >= 11 is 0. The van der Waals surface area contributed by atoms with Crippen molar-refractivity contribution in [3.05, 3.63) is 253 Å². The summed E-state index contributed by atoms with van der Waals surface area (Å²) in [5.41, 5.74) is 9.27. The summed E-state index contributed by atoms with van der Waals surface area (Å²) < 4.78 is 14.8. The number of hydrogen-bond acceptors (Lipinski definition) is 5. The number of benzene rings is 8. The van der Waals surface area contributed by atoms with E-state index >= 15 is 0 Å². The predicted octanol–water partition coefficient (Wildman–Crippen LogP) is 14.5. The number of allylic oxidation sites excluding steroid dienone is 3. The highest BCUT2D eigenvalue weighted by Gasteiger charge is 2.35. The lowest BCUT2D eigenvalue weighted by molar-refractivity contribution is -0.125. The van der Waals surface area contributed by atoms with Crippen LogP contribution in [0.25, 0.3) is 38.7 Å². The van der Waals surface area contributed by atoms with Gasteiger partial charge in [-0.2, -0.15) is 0 Å². The van der Waals surface area contributed by atoms with E-state index in [1.165, 1.54) is 65.5 Å². The average molecular weight is 1030 g/mol. The second-order valence-electron chi connectivity index (χ2n) is 21.4. The number of carbonyl (C=O) groups is 1. The fourth-order valence-corrected chi connectivity index (χ4v) is 14.4. The molecule has 2 aliphatic rings. The number of aryl methyl sites for hydroxylation is 2. The van der Waals surface area contributed by atoms with Crippen molar-refractivity contribution in [3.63, 3.8) is 0 Å². The number of ether oxygens (including phenoxy) is 2. The maximum Gasteiger partial charge on any atom is 0.162 e. The first-order valence-electron chi connectivity index (χ1n) is 27.5. The third kappa shape index (κ3) is 12.4. The zero-order valence-corrected chi connectivity index (χ0v) is 45.2. The number of hydrogen-bond donors (Lipinski definition) is 0. The maximum absolute atomic E-state index is 13.8. The topological polar surface area (TPSA) is 66.2 Å². The number of rotatable bonds is 20. The van der Waals surface area contributed by atoms with Gasteiger partial charge in [-0.25, -0.2) is 4.68 Å². The summed E-state index contributed by atoms with van der Waals surface area (Å²) in [6.45, 7) is 10.4. The van der Waals surface area contributed by atoms with Gasteiger partial charge in [0.1, 0.15) is 12.3 Å². The first kappa shape index (κ1) is 51.8. The molecule has 0 bridgehead atoms. The van der Waals surface area contributed by atoms with E-state index in [4.69, 9.17) is 9.47 Å². The highest BCUT2D eigenvalue weighted by molar-refractivity contribution is 7.80. The van der Waals surface area contributed by atoms with E-state index in [0.717, 1.165) is 42.3 Å². The zero-order valence-electron chi connectivity index (χ0n) is 44.3. The molecule has 2 aliphatic carbocycles. The summed E-state index contributed by atoms with van der Waals surface area (Å²) in [5.74, 6) is 1.90. The van der Waals surface area contributed by atoms with Crippen molar-refractivity contribution in [1.82, 2.24) is 15.0 Å². The van der Waals surface area contributed by atoms with Crippen LogP contribution < -0.4 is 15.9 Å². The molecule has 0 saturated heterocycles. The fourth-order valence-electron chi connectivity index (χ4n) is 11.9. The average Bonchev–Trinajstić information content (AvgIpc) is 4.23. The van der Waals surface area contributed by atoms with Crippen LogP contribution in [0.4, 0.5) is 0 Å². The minimum absolute atomic E-state index is 0.0403. The van der Waals surface area contributed by atoms with Crippen LogP contribution in [0.1, 0.15) is 59.2 Å². The molecule has 0 aliphatic heterocycles. The lowest BCUT2D eigenvalue weighted by Crippen LogP contribution is -2.22. The van der Waals surface area contributed by atoms with Crippen molar-refractivity contribution < 1.29 is 14.3 Å². The predicted molar refractivity (Wildman–Crippen MR) is 319 cm³/mol. The van der Waals surface area contributed by atoms with Crippen LogP contribution in [-0.2, 0) is 33.8 Å². The van der Waals surface area contributed by atoms with E-state index in [0.29, 0.717) is 49.9 Å². The van der Waals surface area contributed by atoms with Gasteiger partial charge < -0.3 is 9.47 Å². The molecule has 1 aromatic heterocycles. The van der Waals surface area contributed by atoms with Crippen LogP contribution >= 0.6 is 7.92 Å². The monoisotopic (exact) mass is 1030 g/mol. The Labute approximate surface area is 455 Å². The molecular formula is C70H68N3O3P. The number of carbonyl (C=O) groups excluding carboxylic acids is 1. The molecule has 2 fully saturated rings. The van der Waals surface area contributed by atoms with Crippen molar-refractivity contribution in [2.45, 2.75) is 65.2 Å². The quantitative estimate of drug-likeness (QED) is 0.0562. The summed E-state index contributed by atoms with van der Waals surface area (Å²) in [6.07, 6.45) is 17.9. The van der Waals surface area contributed by atoms with Crippen molar-refractivity contribution in [3.8, 4) is 11.1 Å². The highest BCUT2D eigenvalue weighted by Crippen LogP contribution is 2.44. The van der Waals surface area contributed by atoms with Crippen molar-refractivity contribution in [2.75, 3.05) is 13.2 Å². The normalized spacial score (nSPS) is 19.6. The smallest absolute Gasteiger partial charge is 0.162 e. The first-order valence-corrected chi connectivity index (χ1v) is 28.8. The van der Waals surface area contributed by atoms with Crippen LogP contribution in [0.15, 0.2) is 219 Å². The SMILES string of the molecule is C=CC1CC(/C=C/C2CC(/C=C/c3ccccc3)C(COCc3cn(Cc4ccc(C)cc4)nn3)C2)CC1OCC(=O)Cc1ccc2c(-c3c(P(c4ccccc4)c4ccccc4)ccc4ccccc34)c(C)ccc2c1. The molecule has 6 nitrogen and oxygen atoms in total. The van der Waals surface area contributed by atoms with E-state index in [9.17, 15) is 4.79 Å². The van der Waals surface area contributed by atoms with E-state index in [-0.39, 0.29) is 24.4 Å². The number of aromatic nitrogens is 3. The molecule has 77 heavy (non-hydrogen) atoms. The fraction of sp³-hybridized carbons (Fsp3) is 0.243. The lowest BCUT2D eigenvalue weighted by Gasteiger charge is -2.25. The van der Waals surface area contributed by atoms with Crippen LogP contribution in [0.2, 0.25) is 0 Å². The van der Waals surface area contributed by atoms with Crippen molar-refractivity contribution in [1.29, 1.82) is 0 Å². The van der Waals surface area contributed by atoms with Crippen molar-refractivity contribution >= 4 is 57.2 Å². The molecule has 386 valence electrons. The molecule has 0 radical (unpaired) electrons. The molecular weight excluding hydrogens is 962 g/mol.